The summed E-state index contributed by atoms with van der Waals surface area (Å²) in [6.07, 6.45) is 0.777. The number of anilines is 1. The number of methoxy groups -OCH3 is 1. The maximum absolute atomic E-state index is 13.6. The number of nitrogens with one attached hydrogen (secondary N) is 1. The van der Waals surface area contributed by atoms with Crippen LogP contribution < -0.4 is 15.6 Å². The molecule has 2 heterocycles. The number of fused-ring (bicyclic) bond motifs is 3. The summed E-state index contributed by atoms with van der Waals surface area (Å²) in [7, 11) is 1.59. The zero-order chi connectivity index (χ0) is 25.1. The normalized spacial score (nSPS) is 12.1. The average molecular weight is 500 g/mol. The van der Waals surface area contributed by atoms with E-state index in [1.165, 1.54) is 11.8 Å². The van der Waals surface area contributed by atoms with E-state index in [2.05, 4.69) is 15.5 Å². The van der Waals surface area contributed by atoms with Gasteiger partial charge in [-0.15, -0.1) is 10.2 Å². The Morgan fingerprint density at radius 1 is 1.03 bits per heavy atom. The van der Waals surface area contributed by atoms with Crippen LogP contribution >= 0.6 is 11.8 Å². The molecule has 0 radical (unpaired) electrons. The lowest BCUT2D eigenvalue weighted by Gasteiger charge is -2.17. The van der Waals surface area contributed by atoms with E-state index in [-0.39, 0.29) is 11.5 Å². The number of amides is 1. The van der Waals surface area contributed by atoms with Crippen molar-refractivity contribution < 1.29 is 9.53 Å². The number of carbonyl (C=O) groups is 1. The molecule has 36 heavy (non-hydrogen) atoms. The van der Waals surface area contributed by atoms with Crippen molar-refractivity contribution in [2.75, 3.05) is 12.4 Å². The quantitative estimate of drug-likeness (QED) is 0.304. The minimum atomic E-state index is -0.616. The maximum Gasteiger partial charge on any atom is 0.262 e. The molecule has 8 nitrogen and oxygen atoms in total. The van der Waals surface area contributed by atoms with Crippen molar-refractivity contribution in [3.63, 3.8) is 0 Å². The van der Waals surface area contributed by atoms with E-state index in [9.17, 15) is 9.59 Å². The van der Waals surface area contributed by atoms with Gasteiger partial charge < -0.3 is 10.1 Å². The Morgan fingerprint density at radius 2 is 1.81 bits per heavy atom. The van der Waals surface area contributed by atoms with Crippen molar-refractivity contribution in [2.24, 2.45) is 0 Å². The molecule has 2 aromatic heterocycles. The monoisotopic (exact) mass is 499 g/mol. The molecule has 3 aromatic carbocycles. The molecule has 9 heteroatoms. The number of ether oxygens (including phenoxy) is 1. The minimum absolute atomic E-state index is 0.0979. The molecule has 0 saturated heterocycles. The highest BCUT2D eigenvalue weighted by Crippen LogP contribution is 2.36. The van der Waals surface area contributed by atoms with Crippen molar-refractivity contribution in [3.05, 3.63) is 94.8 Å². The Balaban J connectivity index is 1.60. The molecular weight excluding hydrogens is 474 g/mol. The number of benzene rings is 3. The van der Waals surface area contributed by atoms with E-state index in [4.69, 9.17) is 4.74 Å². The standard InChI is InChI=1S/C27H25N5O3S/c1-3-16-31-25(34)21-14-7-8-15-22(21)32-26(31)29-30-27(32)36-23(18-10-5-4-6-11-18)24(33)28-19-12-9-13-20(17-19)35-2/h4-15,17,23H,3,16H2,1-2H3,(H,28,33). The van der Waals surface area contributed by atoms with Gasteiger partial charge in [-0.25, -0.2) is 0 Å². The molecule has 1 atom stereocenters. The highest BCUT2D eigenvalue weighted by Gasteiger charge is 2.26. The molecule has 0 bridgehead atoms. The second-order valence-electron chi connectivity index (χ2n) is 8.22. The first-order valence-electron chi connectivity index (χ1n) is 11.6. The van der Waals surface area contributed by atoms with Gasteiger partial charge in [0.05, 0.1) is 18.0 Å². The summed E-state index contributed by atoms with van der Waals surface area (Å²) in [6, 6.07) is 24.2. The van der Waals surface area contributed by atoms with Gasteiger partial charge in [-0.05, 0) is 36.2 Å². The van der Waals surface area contributed by atoms with Gasteiger partial charge in [0.25, 0.3) is 5.56 Å². The highest BCUT2D eigenvalue weighted by atomic mass is 32.2. The number of para-hydroxylation sites is 1. The van der Waals surface area contributed by atoms with E-state index in [1.54, 1.807) is 17.7 Å². The van der Waals surface area contributed by atoms with Crippen LogP contribution in [-0.4, -0.2) is 32.2 Å². The summed E-state index contributed by atoms with van der Waals surface area (Å²) in [6.45, 7) is 2.53. The Labute approximate surface area is 211 Å². The molecule has 0 aliphatic carbocycles. The molecule has 5 aromatic rings. The van der Waals surface area contributed by atoms with E-state index < -0.39 is 5.25 Å². The van der Waals surface area contributed by atoms with Gasteiger partial charge in [-0.3, -0.25) is 18.6 Å². The van der Waals surface area contributed by atoms with E-state index in [0.29, 0.717) is 39.8 Å². The first kappa shape index (κ1) is 23.6. The van der Waals surface area contributed by atoms with Crippen molar-refractivity contribution >= 4 is 40.0 Å². The van der Waals surface area contributed by atoms with Gasteiger partial charge in [-0.1, -0.05) is 67.2 Å². The Hall–Kier alpha value is -4.11. The van der Waals surface area contributed by atoms with Gasteiger partial charge in [0.15, 0.2) is 5.16 Å². The second-order valence-corrected chi connectivity index (χ2v) is 9.29. The molecule has 182 valence electrons. The Kier molecular flexibility index (Phi) is 6.73. The third-order valence-corrected chi connectivity index (χ3v) is 7.02. The second kappa shape index (κ2) is 10.2. The zero-order valence-electron chi connectivity index (χ0n) is 19.9. The van der Waals surface area contributed by atoms with E-state index in [1.807, 2.05) is 84.1 Å². The lowest BCUT2D eigenvalue weighted by molar-refractivity contribution is -0.115. The van der Waals surface area contributed by atoms with Crippen LogP contribution in [0.3, 0.4) is 0 Å². The molecule has 5 rings (SSSR count). The van der Waals surface area contributed by atoms with Gasteiger partial charge >= 0.3 is 0 Å². The Bertz CT molecular complexity index is 1600. The summed E-state index contributed by atoms with van der Waals surface area (Å²) >= 11 is 1.29. The van der Waals surface area contributed by atoms with Crippen molar-refractivity contribution in [3.8, 4) is 5.75 Å². The minimum Gasteiger partial charge on any atom is -0.497 e. The highest BCUT2D eigenvalue weighted by molar-refractivity contribution is 8.00. The Morgan fingerprint density at radius 3 is 2.58 bits per heavy atom. The molecule has 1 amide bonds. The van der Waals surface area contributed by atoms with E-state index in [0.717, 1.165) is 12.0 Å². The summed E-state index contributed by atoms with van der Waals surface area (Å²) in [4.78, 5) is 26.7. The molecule has 0 aliphatic rings. The number of aromatic nitrogens is 4. The maximum atomic E-state index is 13.6. The van der Waals surface area contributed by atoms with Crippen molar-refractivity contribution in [1.29, 1.82) is 0 Å². The smallest absolute Gasteiger partial charge is 0.262 e. The number of aryl methyl sites for hydroxylation is 1. The number of thioether (sulfide) groups is 1. The fraction of sp³-hybridized carbons (Fsp3) is 0.185. The molecule has 0 saturated carbocycles. The number of hydrogen-bond donors (Lipinski definition) is 1. The third kappa shape index (κ3) is 4.45. The van der Waals surface area contributed by atoms with Gasteiger partial charge in [0.2, 0.25) is 11.7 Å². The first-order chi connectivity index (χ1) is 17.6. The molecule has 1 unspecified atom stereocenters. The summed E-state index contributed by atoms with van der Waals surface area (Å²) < 4.78 is 8.80. The predicted octanol–water partition coefficient (Wildman–Crippen LogP) is 4.93. The number of hydrogen-bond acceptors (Lipinski definition) is 6. The third-order valence-electron chi connectivity index (χ3n) is 5.83. The molecule has 0 fully saturated rings. The summed E-state index contributed by atoms with van der Waals surface area (Å²) in [5.74, 6) is 0.908. The van der Waals surface area contributed by atoms with Crippen LogP contribution in [0.25, 0.3) is 16.7 Å². The van der Waals surface area contributed by atoms with Crippen molar-refractivity contribution in [1.82, 2.24) is 19.2 Å². The molecule has 0 aliphatic heterocycles. The van der Waals surface area contributed by atoms with Gasteiger partial charge in [0.1, 0.15) is 11.0 Å². The first-order valence-corrected chi connectivity index (χ1v) is 12.5. The van der Waals surface area contributed by atoms with Gasteiger partial charge in [0, 0.05) is 18.3 Å². The van der Waals surface area contributed by atoms with Crippen LogP contribution in [0.15, 0.2) is 88.8 Å². The topological polar surface area (TPSA) is 90.5 Å². The lowest BCUT2D eigenvalue weighted by Crippen LogP contribution is -2.23. The van der Waals surface area contributed by atoms with Crippen LogP contribution in [0.2, 0.25) is 0 Å². The van der Waals surface area contributed by atoms with Crippen LogP contribution in [0, 0.1) is 0 Å². The molecular formula is C27H25N5O3S. The van der Waals surface area contributed by atoms with Crippen LogP contribution in [0.1, 0.15) is 24.2 Å². The lowest BCUT2D eigenvalue weighted by atomic mass is 10.1. The largest absolute Gasteiger partial charge is 0.497 e. The van der Waals surface area contributed by atoms with E-state index >= 15 is 0 Å². The van der Waals surface area contributed by atoms with Crippen molar-refractivity contribution in [2.45, 2.75) is 30.3 Å². The zero-order valence-corrected chi connectivity index (χ0v) is 20.7. The number of carbonyl (C=O) groups excluding carboxylic acids is 1. The average Bonchev–Trinajstić information content (AvgIpc) is 3.34. The summed E-state index contributed by atoms with van der Waals surface area (Å²) in [5.41, 5.74) is 2.07. The number of rotatable bonds is 8. The molecule has 0 spiro atoms. The summed E-state index contributed by atoms with van der Waals surface area (Å²) in [5, 5.41) is 12.3. The number of nitrogens with zero attached hydrogens (tertiary/aromatic N) is 4. The predicted molar refractivity (Wildman–Crippen MR) is 142 cm³/mol. The fourth-order valence-corrected chi connectivity index (χ4v) is 5.19. The SMILES string of the molecule is CCCn1c(=O)c2ccccc2n2c(SC(C(=O)Nc3cccc(OC)c3)c3ccccc3)nnc12. The van der Waals surface area contributed by atoms with Gasteiger partial charge in [-0.2, -0.15) is 0 Å². The van der Waals surface area contributed by atoms with Crippen LogP contribution in [-0.2, 0) is 11.3 Å². The van der Waals surface area contributed by atoms with Crippen LogP contribution in [0.5, 0.6) is 5.75 Å². The van der Waals surface area contributed by atoms with Crippen LogP contribution in [0.4, 0.5) is 5.69 Å². The molecule has 1 N–H and O–H groups in total. The fourth-order valence-electron chi connectivity index (χ4n) is 4.15.